The topological polar surface area (TPSA) is 109 Å². The Morgan fingerprint density at radius 1 is 1.11 bits per heavy atom. The number of aliphatic hydroxyl groups excluding tert-OH is 2. The number of hydrogen-bond acceptors (Lipinski definition) is 6. The molecule has 0 aliphatic rings. The molecule has 0 radical (unpaired) electrons. The quantitative estimate of drug-likeness (QED) is 0.613. The molecule has 27 heavy (non-hydrogen) atoms. The van der Waals surface area contributed by atoms with E-state index in [2.05, 4.69) is 4.98 Å². The third-order valence-corrected chi connectivity index (χ3v) is 4.35. The third kappa shape index (κ3) is 3.42. The van der Waals surface area contributed by atoms with Crippen LogP contribution >= 0.6 is 0 Å². The molecule has 0 saturated carbocycles. The minimum absolute atomic E-state index is 0.0465. The van der Waals surface area contributed by atoms with Gasteiger partial charge >= 0.3 is 5.97 Å². The van der Waals surface area contributed by atoms with Gasteiger partial charge in [0.1, 0.15) is 6.10 Å². The minimum Gasteiger partial charge on any atom is -0.493 e. The van der Waals surface area contributed by atoms with E-state index in [1.165, 1.54) is 20.4 Å². The van der Waals surface area contributed by atoms with Gasteiger partial charge in [-0.1, -0.05) is 18.2 Å². The minimum atomic E-state index is -1.10. The van der Waals surface area contributed by atoms with E-state index in [9.17, 15) is 15.0 Å². The number of aliphatic hydroxyl groups is 2. The van der Waals surface area contributed by atoms with Crippen LogP contribution < -0.4 is 9.47 Å². The van der Waals surface area contributed by atoms with Crippen molar-refractivity contribution < 1.29 is 29.6 Å². The largest absolute Gasteiger partial charge is 0.493 e. The van der Waals surface area contributed by atoms with Crippen molar-refractivity contribution in [2.24, 2.45) is 0 Å². The van der Waals surface area contributed by atoms with Gasteiger partial charge in [0.05, 0.1) is 31.9 Å². The number of hydrogen-bond donors (Lipinski definition) is 3. The van der Waals surface area contributed by atoms with Crippen LogP contribution in [0.4, 0.5) is 0 Å². The molecule has 0 bridgehead atoms. The van der Waals surface area contributed by atoms with Crippen LogP contribution in [0.1, 0.15) is 22.0 Å². The van der Waals surface area contributed by atoms with E-state index in [0.29, 0.717) is 39.1 Å². The molecule has 1 unspecified atom stereocenters. The molecule has 0 fully saturated rings. The number of ether oxygens (including phenoxy) is 2. The van der Waals surface area contributed by atoms with E-state index < -0.39 is 18.7 Å². The number of benzene rings is 2. The molecule has 0 spiro atoms. The number of carbonyl (C=O) groups is 1. The molecule has 3 rings (SSSR count). The van der Waals surface area contributed by atoms with Crippen molar-refractivity contribution in [1.29, 1.82) is 0 Å². The van der Waals surface area contributed by atoms with Gasteiger partial charge in [0, 0.05) is 17.1 Å². The summed E-state index contributed by atoms with van der Waals surface area (Å²) in [6, 6.07) is 10.1. The average Bonchev–Trinajstić information content (AvgIpc) is 2.71. The number of rotatable bonds is 6. The average molecular weight is 369 g/mol. The molecule has 140 valence electrons. The molecular weight excluding hydrogens is 350 g/mol. The lowest BCUT2D eigenvalue weighted by Crippen LogP contribution is -2.05. The molecule has 1 heterocycles. The second-order valence-corrected chi connectivity index (χ2v) is 5.90. The number of fused-ring (bicyclic) bond motifs is 1. The van der Waals surface area contributed by atoms with Gasteiger partial charge in [-0.3, -0.25) is 4.98 Å². The van der Waals surface area contributed by atoms with Gasteiger partial charge in [-0.2, -0.15) is 0 Å². The van der Waals surface area contributed by atoms with Crippen LogP contribution in [0.3, 0.4) is 0 Å². The number of nitrogens with zero attached hydrogens (tertiary/aromatic N) is 1. The highest BCUT2D eigenvalue weighted by atomic mass is 16.5. The predicted molar refractivity (Wildman–Crippen MR) is 99.3 cm³/mol. The normalized spacial score (nSPS) is 12.0. The van der Waals surface area contributed by atoms with E-state index in [1.807, 2.05) is 0 Å². The van der Waals surface area contributed by atoms with Crippen molar-refractivity contribution in [3.63, 3.8) is 0 Å². The zero-order valence-electron chi connectivity index (χ0n) is 14.8. The maximum Gasteiger partial charge on any atom is 0.337 e. The summed E-state index contributed by atoms with van der Waals surface area (Å²) in [6.45, 7) is -0.415. The van der Waals surface area contributed by atoms with Crippen molar-refractivity contribution in [2.45, 2.75) is 6.10 Å². The summed E-state index contributed by atoms with van der Waals surface area (Å²) in [5.41, 5.74) is 2.17. The van der Waals surface area contributed by atoms with E-state index in [-0.39, 0.29) is 5.56 Å². The van der Waals surface area contributed by atoms with Crippen LogP contribution in [-0.2, 0) is 0 Å². The third-order valence-electron chi connectivity index (χ3n) is 4.35. The van der Waals surface area contributed by atoms with E-state index >= 15 is 0 Å². The van der Waals surface area contributed by atoms with Gasteiger partial charge in [-0.05, 0) is 29.3 Å². The molecule has 7 nitrogen and oxygen atoms in total. The first-order chi connectivity index (χ1) is 13.0. The Bertz CT molecular complexity index is 1000. The van der Waals surface area contributed by atoms with Crippen LogP contribution in [0.25, 0.3) is 22.0 Å². The second kappa shape index (κ2) is 7.61. The molecule has 3 aromatic rings. The zero-order chi connectivity index (χ0) is 19.6. The van der Waals surface area contributed by atoms with E-state index in [1.54, 1.807) is 36.4 Å². The number of methoxy groups -OCH3 is 2. The summed E-state index contributed by atoms with van der Waals surface area (Å²) in [6.07, 6.45) is 0.256. The van der Waals surface area contributed by atoms with Gasteiger partial charge in [0.15, 0.2) is 11.5 Å². The SMILES string of the molecule is COc1ccc(-c2c(C(=O)O)cnc3cc(C(O)CO)ccc23)cc1OC. The first-order valence-corrected chi connectivity index (χ1v) is 8.17. The number of aromatic carboxylic acids is 1. The lowest BCUT2D eigenvalue weighted by atomic mass is 9.94. The molecule has 1 atom stereocenters. The van der Waals surface area contributed by atoms with Crippen molar-refractivity contribution >= 4 is 16.9 Å². The molecule has 0 aliphatic heterocycles. The fourth-order valence-electron chi connectivity index (χ4n) is 2.99. The van der Waals surface area contributed by atoms with Gasteiger partial charge in [-0.15, -0.1) is 0 Å². The number of carboxylic acid groups (broad SMARTS) is 1. The van der Waals surface area contributed by atoms with Crippen molar-refractivity contribution in [3.05, 3.63) is 53.7 Å². The van der Waals surface area contributed by atoms with Crippen LogP contribution in [0, 0.1) is 0 Å². The summed E-state index contributed by atoms with van der Waals surface area (Å²) in [7, 11) is 3.03. The lowest BCUT2D eigenvalue weighted by molar-refractivity contribution is 0.0697. The molecule has 0 amide bonds. The Morgan fingerprint density at radius 2 is 1.85 bits per heavy atom. The van der Waals surface area contributed by atoms with Crippen LogP contribution in [0.15, 0.2) is 42.6 Å². The first kappa shape index (κ1) is 18.6. The highest BCUT2D eigenvalue weighted by molar-refractivity contribution is 6.06. The Kier molecular flexibility index (Phi) is 5.25. The smallest absolute Gasteiger partial charge is 0.337 e. The van der Waals surface area contributed by atoms with Crippen LogP contribution in [0.2, 0.25) is 0 Å². The number of carboxylic acids is 1. The molecule has 0 saturated heterocycles. The first-order valence-electron chi connectivity index (χ1n) is 8.17. The molecule has 0 aliphatic carbocycles. The molecule has 1 aromatic heterocycles. The van der Waals surface area contributed by atoms with Gasteiger partial charge in [-0.25, -0.2) is 4.79 Å². The van der Waals surface area contributed by atoms with Crippen molar-refractivity contribution in [3.8, 4) is 22.6 Å². The Labute approximate surface area is 155 Å². The summed E-state index contributed by atoms with van der Waals surface area (Å²) in [5, 5.41) is 29.2. The highest BCUT2D eigenvalue weighted by Gasteiger charge is 2.19. The number of pyridine rings is 1. The molecule has 2 aromatic carbocycles. The fraction of sp³-hybridized carbons (Fsp3) is 0.200. The Balaban J connectivity index is 2.29. The van der Waals surface area contributed by atoms with Crippen LogP contribution in [0.5, 0.6) is 11.5 Å². The second-order valence-electron chi connectivity index (χ2n) is 5.90. The molecular formula is C20H19NO6. The van der Waals surface area contributed by atoms with Gasteiger partial charge < -0.3 is 24.8 Å². The van der Waals surface area contributed by atoms with Crippen LogP contribution in [-0.4, -0.2) is 47.1 Å². The van der Waals surface area contributed by atoms with Crippen molar-refractivity contribution in [1.82, 2.24) is 4.98 Å². The van der Waals surface area contributed by atoms with Crippen molar-refractivity contribution in [2.75, 3.05) is 20.8 Å². The van der Waals surface area contributed by atoms with E-state index in [0.717, 1.165) is 0 Å². The Morgan fingerprint density at radius 3 is 2.48 bits per heavy atom. The maximum absolute atomic E-state index is 11.8. The predicted octanol–water partition coefficient (Wildman–Crippen LogP) is 2.64. The lowest BCUT2D eigenvalue weighted by Gasteiger charge is -2.15. The summed E-state index contributed by atoms with van der Waals surface area (Å²) < 4.78 is 10.6. The summed E-state index contributed by atoms with van der Waals surface area (Å²) in [4.78, 5) is 16.0. The molecule has 3 N–H and O–H groups in total. The summed E-state index contributed by atoms with van der Waals surface area (Å²) >= 11 is 0. The fourth-order valence-corrected chi connectivity index (χ4v) is 2.99. The van der Waals surface area contributed by atoms with Gasteiger partial charge in [0.2, 0.25) is 0 Å². The monoisotopic (exact) mass is 369 g/mol. The summed E-state index contributed by atoms with van der Waals surface area (Å²) in [5.74, 6) is -0.0953. The maximum atomic E-state index is 11.8. The molecule has 7 heteroatoms. The highest BCUT2D eigenvalue weighted by Crippen LogP contribution is 2.37. The standard InChI is InChI=1S/C20H19NO6/c1-26-17-6-4-12(8-18(17)27-2)19-13-5-3-11(16(23)10-22)7-15(13)21-9-14(19)20(24)25/h3-9,16,22-23H,10H2,1-2H3,(H,24,25). The number of aromatic nitrogens is 1. The van der Waals surface area contributed by atoms with E-state index in [4.69, 9.17) is 14.6 Å². The zero-order valence-corrected chi connectivity index (χ0v) is 14.8. The Hall–Kier alpha value is -3.16. The van der Waals surface area contributed by atoms with Gasteiger partial charge in [0.25, 0.3) is 0 Å².